The Kier molecular flexibility index (Phi) is 4.53. The number of nitrogens with zero attached hydrogens (tertiary/aromatic N) is 2. The second-order valence-electron chi connectivity index (χ2n) is 6.87. The Morgan fingerprint density at radius 3 is 2.96 bits per heavy atom. The fraction of sp³-hybridized carbons (Fsp3) is 0.474. The zero-order valence-corrected chi connectivity index (χ0v) is 14.1. The highest BCUT2D eigenvalue weighted by Gasteiger charge is 2.32. The molecule has 2 aromatic rings. The van der Waals surface area contributed by atoms with Crippen LogP contribution in [0.15, 0.2) is 30.5 Å². The van der Waals surface area contributed by atoms with Crippen LogP contribution in [0.4, 0.5) is 4.39 Å². The van der Waals surface area contributed by atoms with Crippen molar-refractivity contribution in [3.8, 4) is 11.3 Å². The predicted molar refractivity (Wildman–Crippen MR) is 91.2 cm³/mol. The van der Waals surface area contributed by atoms with E-state index in [1.54, 1.807) is 24.4 Å². The van der Waals surface area contributed by atoms with Gasteiger partial charge in [-0.3, -0.25) is 4.79 Å². The zero-order chi connectivity index (χ0) is 17.2. The van der Waals surface area contributed by atoms with E-state index in [1.165, 1.54) is 18.9 Å². The van der Waals surface area contributed by atoms with Crippen LogP contribution in [0.3, 0.4) is 0 Å². The summed E-state index contributed by atoms with van der Waals surface area (Å²) in [4.78, 5) is 21.9. The Hall–Kier alpha value is -2.21. The Morgan fingerprint density at radius 2 is 2.16 bits per heavy atom. The van der Waals surface area contributed by atoms with Crippen LogP contribution in [0.5, 0.6) is 0 Å². The third-order valence-electron chi connectivity index (χ3n) is 4.92. The van der Waals surface area contributed by atoms with Crippen molar-refractivity contribution >= 4 is 5.91 Å². The standard InChI is InChI=1S/C19H22FN3O2/c20-15-5-2-1-4-14(15)16-10-21-19(22-16)17-6-3-9-23(17)18(24)12-25-11-13-7-8-13/h1-2,4-5,10,13,17H,3,6-9,11-12H2,(H,21,22)/t17-/m0/s1. The van der Waals surface area contributed by atoms with Crippen molar-refractivity contribution in [1.82, 2.24) is 14.9 Å². The molecule has 4 rings (SSSR count). The SMILES string of the molecule is O=C(COCC1CC1)N1CCC[C@H]1c1ncc(-c2ccccc2F)[nH]1. The van der Waals surface area contributed by atoms with E-state index < -0.39 is 0 Å². The molecule has 0 unspecified atom stereocenters. The topological polar surface area (TPSA) is 58.2 Å². The third-order valence-corrected chi connectivity index (χ3v) is 4.92. The van der Waals surface area contributed by atoms with Gasteiger partial charge in [0, 0.05) is 12.1 Å². The summed E-state index contributed by atoms with van der Waals surface area (Å²) < 4.78 is 19.5. The highest BCUT2D eigenvalue weighted by Crippen LogP contribution is 2.32. The van der Waals surface area contributed by atoms with Crippen LogP contribution in [0.1, 0.15) is 37.5 Å². The number of nitrogens with one attached hydrogen (secondary N) is 1. The maximum atomic E-state index is 13.9. The molecule has 1 saturated heterocycles. The first kappa shape index (κ1) is 16.3. The van der Waals surface area contributed by atoms with E-state index >= 15 is 0 Å². The summed E-state index contributed by atoms with van der Waals surface area (Å²) in [5.74, 6) is 1.08. The van der Waals surface area contributed by atoms with Crippen LogP contribution in [-0.4, -0.2) is 40.5 Å². The van der Waals surface area contributed by atoms with Crippen molar-refractivity contribution in [2.75, 3.05) is 19.8 Å². The number of carbonyl (C=O) groups excluding carboxylic acids is 1. The minimum Gasteiger partial charge on any atom is -0.371 e. The normalized spacial score (nSPS) is 20.2. The Bertz CT molecular complexity index is 757. The van der Waals surface area contributed by atoms with E-state index in [0.29, 0.717) is 36.2 Å². The second-order valence-corrected chi connectivity index (χ2v) is 6.87. The highest BCUT2D eigenvalue weighted by molar-refractivity contribution is 5.78. The molecule has 1 aliphatic heterocycles. The van der Waals surface area contributed by atoms with Gasteiger partial charge in [0.2, 0.25) is 5.91 Å². The van der Waals surface area contributed by atoms with Crippen LogP contribution in [0.25, 0.3) is 11.3 Å². The van der Waals surface area contributed by atoms with Gasteiger partial charge in [-0.2, -0.15) is 0 Å². The van der Waals surface area contributed by atoms with Gasteiger partial charge in [0.15, 0.2) is 0 Å². The van der Waals surface area contributed by atoms with E-state index in [9.17, 15) is 9.18 Å². The number of H-pyrrole nitrogens is 1. The molecule has 2 aliphatic rings. The summed E-state index contributed by atoms with van der Waals surface area (Å²) in [7, 11) is 0. The van der Waals surface area contributed by atoms with Gasteiger partial charge in [0.05, 0.1) is 24.5 Å². The Labute approximate surface area is 146 Å². The van der Waals surface area contributed by atoms with Gasteiger partial charge in [0.25, 0.3) is 0 Å². The first-order valence-electron chi connectivity index (χ1n) is 8.89. The molecule has 1 amide bonds. The average Bonchev–Trinajstić information content (AvgIpc) is 3.11. The molecule has 0 spiro atoms. The number of halogens is 1. The quantitative estimate of drug-likeness (QED) is 0.875. The number of ether oxygens (including phenoxy) is 1. The summed E-state index contributed by atoms with van der Waals surface area (Å²) in [6.07, 6.45) is 5.86. The van der Waals surface area contributed by atoms with Crippen LogP contribution in [-0.2, 0) is 9.53 Å². The van der Waals surface area contributed by atoms with Gasteiger partial charge < -0.3 is 14.6 Å². The molecule has 1 aromatic heterocycles. The lowest BCUT2D eigenvalue weighted by Gasteiger charge is -2.23. The molecule has 5 nitrogen and oxygen atoms in total. The summed E-state index contributed by atoms with van der Waals surface area (Å²) in [6, 6.07) is 6.52. The molecule has 1 N–H and O–H groups in total. The molecule has 2 heterocycles. The number of imidazole rings is 1. The van der Waals surface area contributed by atoms with Crippen molar-refractivity contribution in [3.05, 3.63) is 42.1 Å². The van der Waals surface area contributed by atoms with E-state index in [4.69, 9.17) is 4.74 Å². The fourth-order valence-corrected chi connectivity index (χ4v) is 3.35. The minimum atomic E-state index is -0.287. The zero-order valence-electron chi connectivity index (χ0n) is 14.1. The van der Waals surface area contributed by atoms with Crippen molar-refractivity contribution < 1.29 is 13.9 Å². The summed E-state index contributed by atoms with van der Waals surface area (Å²) in [6.45, 7) is 1.53. The molecule has 0 bridgehead atoms. The van der Waals surface area contributed by atoms with E-state index in [0.717, 1.165) is 12.8 Å². The van der Waals surface area contributed by atoms with Gasteiger partial charge >= 0.3 is 0 Å². The summed E-state index contributed by atoms with van der Waals surface area (Å²) >= 11 is 0. The van der Waals surface area contributed by atoms with Crippen molar-refractivity contribution in [1.29, 1.82) is 0 Å². The summed E-state index contributed by atoms with van der Waals surface area (Å²) in [5, 5.41) is 0. The molecule has 1 saturated carbocycles. The Morgan fingerprint density at radius 1 is 1.32 bits per heavy atom. The molecule has 25 heavy (non-hydrogen) atoms. The van der Waals surface area contributed by atoms with Crippen LogP contribution >= 0.6 is 0 Å². The number of aromatic amines is 1. The number of carbonyl (C=O) groups is 1. The second kappa shape index (κ2) is 6.96. The van der Waals surface area contributed by atoms with Crippen molar-refractivity contribution in [2.45, 2.75) is 31.7 Å². The molecular weight excluding hydrogens is 321 g/mol. The molecular formula is C19H22FN3O2. The van der Waals surface area contributed by atoms with Crippen LogP contribution in [0, 0.1) is 11.7 Å². The van der Waals surface area contributed by atoms with Crippen LogP contribution < -0.4 is 0 Å². The predicted octanol–water partition coefficient (Wildman–Crippen LogP) is 3.31. The van der Waals surface area contributed by atoms with E-state index in [-0.39, 0.29) is 24.4 Å². The smallest absolute Gasteiger partial charge is 0.249 e. The van der Waals surface area contributed by atoms with Gasteiger partial charge in [0.1, 0.15) is 18.2 Å². The van der Waals surface area contributed by atoms with Crippen LogP contribution in [0.2, 0.25) is 0 Å². The lowest BCUT2D eigenvalue weighted by molar-refractivity contribution is -0.137. The monoisotopic (exact) mass is 343 g/mol. The number of rotatable bonds is 6. The largest absolute Gasteiger partial charge is 0.371 e. The number of hydrogen-bond acceptors (Lipinski definition) is 3. The molecule has 0 radical (unpaired) electrons. The van der Waals surface area contributed by atoms with Gasteiger partial charge in [-0.25, -0.2) is 9.37 Å². The van der Waals surface area contributed by atoms with Crippen molar-refractivity contribution in [3.63, 3.8) is 0 Å². The number of benzene rings is 1. The Balaban J connectivity index is 1.45. The lowest BCUT2D eigenvalue weighted by Crippen LogP contribution is -2.34. The highest BCUT2D eigenvalue weighted by atomic mass is 19.1. The first-order valence-corrected chi connectivity index (χ1v) is 8.89. The van der Waals surface area contributed by atoms with E-state index in [1.807, 2.05) is 4.90 Å². The van der Waals surface area contributed by atoms with Crippen molar-refractivity contribution in [2.24, 2.45) is 5.92 Å². The first-order chi connectivity index (χ1) is 12.2. The maximum absolute atomic E-state index is 13.9. The molecule has 1 aromatic carbocycles. The van der Waals surface area contributed by atoms with E-state index in [2.05, 4.69) is 9.97 Å². The molecule has 2 fully saturated rings. The minimum absolute atomic E-state index is 0.00647. The molecule has 1 aliphatic carbocycles. The number of amides is 1. The number of likely N-dealkylation sites (tertiary alicyclic amines) is 1. The van der Waals surface area contributed by atoms with Gasteiger partial charge in [-0.1, -0.05) is 12.1 Å². The number of aromatic nitrogens is 2. The van der Waals surface area contributed by atoms with Gasteiger partial charge in [-0.15, -0.1) is 0 Å². The lowest BCUT2D eigenvalue weighted by atomic mass is 10.1. The average molecular weight is 343 g/mol. The number of hydrogen-bond donors (Lipinski definition) is 1. The fourth-order valence-electron chi connectivity index (χ4n) is 3.35. The molecule has 132 valence electrons. The third kappa shape index (κ3) is 3.58. The summed E-state index contributed by atoms with van der Waals surface area (Å²) in [5.41, 5.74) is 1.13. The molecule has 6 heteroatoms. The maximum Gasteiger partial charge on any atom is 0.249 e. The van der Waals surface area contributed by atoms with Gasteiger partial charge in [-0.05, 0) is 43.7 Å². The molecule has 1 atom stereocenters.